The fraction of sp³-hybridized carbons (Fsp3) is 0.714. The van der Waals surface area contributed by atoms with Crippen molar-refractivity contribution in [1.82, 2.24) is 9.62 Å². The average Bonchev–Trinajstić information content (AvgIpc) is 3.11. The molecule has 2 heterocycles. The maximum absolute atomic E-state index is 12.7. The van der Waals surface area contributed by atoms with Crippen LogP contribution in [0.1, 0.15) is 31.6 Å². The molecule has 0 spiro atoms. The maximum atomic E-state index is 12.7. The van der Waals surface area contributed by atoms with Crippen molar-refractivity contribution in [2.24, 2.45) is 0 Å². The summed E-state index contributed by atoms with van der Waals surface area (Å²) in [4.78, 5) is 1.57. The Balaban J connectivity index is 1.71. The number of sulfonamides is 1. The Kier molecular flexibility index (Phi) is 4.66. The summed E-state index contributed by atoms with van der Waals surface area (Å²) in [7, 11) is -3.33. The fourth-order valence-electron chi connectivity index (χ4n) is 2.60. The van der Waals surface area contributed by atoms with E-state index in [4.69, 9.17) is 0 Å². The van der Waals surface area contributed by atoms with E-state index in [1.54, 1.807) is 9.69 Å². The second kappa shape index (κ2) is 6.20. The van der Waals surface area contributed by atoms with E-state index in [0.29, 0.717) is 34.5 Å². The molecule has 2 fully saturated rings. The van der Waals surface area contributed by atoms with Gasteiger partial charge in [-0.1, -0.05) is 13.8 Å². The first-order chi connectivity index (χ1) is 9.95. The van der Waals surface area contributed by atoms with E-state index < -0.39 is 10.0 Å². The molecule has 1 aromatic rings. The lowest BCUT2D eigenvalue weighted by atomic mass is 10.4. The summed E-state index contributed by atoms with van der Waals surface area (Å²) in [5.41, 5.74) is 0. The van der Waals surface area contributed by atoms with E-state index in [-0.39, 0.29) is 0 Å². The Morgan fingerprint density at radius 3 is 2.57 bits per heavy atom. The number of rotatable bonds is 5. The highest BCUT2D eigenvalue weighted by molar-refractivity contribution is 8.00. The molecule has 0 aromatic carbocycles. The van der Waals surface area contributed by atoms with E-state index >= 15 is 0 Å². The molecule has 21 heavy (non-hydrogen) atoms. The van der Waals surface area contributed by atoms with Crippen LogP contribution in [0, 0.1) is 0 Å². The first kappa shape index (κ1) is 15.8. The molecule has 1 aliphatic carbocycles. The maximum Gasteiger partial charge on any atom is 0.243 e. The molecule has 4 nitrogen and oxygen atoms in total. The lowest BCUT2D eigenvalue weighted by Crippen LogP contribution is -2.43. The van der Waals surface area contributed by atoms with Gasteiger partial charge in [-0.3, -0.25) is 0 Å². The fourth-order valence-corrected chi connectivity index (χ4v) is 6.94. The molecule has 118 valence electrons. The average molecular weight is 347 g/mol. The first-order valence-corrected chi connectivity index (χ1v) is 10.7. The summed E-state index contributed by atoms with van der Waals surface area (Å²) in [6.07, 6.45) is 2.50. The molecule has 0 amide bonds. The van der Waals surface area contributed by atoms with Crippen LogP contribution in [0.5, 0.6) is 0 Å². The number of hydrogen-bond acceptors (Lipinski definition) is 5. The van der Waals surface area contributed by atoms with Gasteiger partial charge >= 0.3 is 0 Å². The minimum Gasteiger partial charge on any atom is -0.309 e. The Morgan fingerprint density at radius 1 is 1.29 bits per heavy atom. The third-order valence-electron chi connectivity index (χ3n) is 3.80. The van der Waals surface area contributed by atoms with Crippen molar-refractivity contribution >= 4 is 33.1 Å². The SMILES string of the molecule is CC1CN(S(=O)(=O)c2csc(CNC3CC3)c2)CC(C)S1. The monoisotopic (exact) mass is 346 g/mol. The van der Waals surface area contributed by atoms with Crippen LogP contribution in [0.4, 0.5) is 0 Å². The highest BCUT2D eigenvalue weighted by Gasteiger charge is 2.32. The van der Waals surface area contributed by atoms with Crippen molar-refractivity contribution in [3.63, 3.8) is 0 Å². The van der Waals surface area contributed by atoms with Gasteiger partial charge in [0.1, 0.15) is 0 Å². The van der Waals surface area contributed by atoms with Gasteiger partial charge in [0.15, 0.2) is 0 Å². The van der Waals surface area contributed by atoms with Crippen LogP contribution < -0.4 is 5.32 Å². The quantitative estimate of drug-likeness (QED) is 0.890. The molecule has 2 atom stereocenters. The highest BCUT2D eigenvalue weighted by atomic mass is 32.2. The van der Waals surface area contributed by atoms with Gasteiger partial charge in [-0.15, -0.1) is 11.3 Å². The van der Waals surface area contributed by atoms with Crippen LogP contribution in [-0.2, 0) is 16.6 Å². The highest BCUT2D eigenvalue weighted by Crippen LogP contribution is 2.30. The number of hydrogen-bond donors (Lipinski definition) is 1. The van der Waals surface area contributed by atoms with Gasteiger partial charge in [0.25, 0.3) is 0 Å². The van der Waals surface area contributed by atoms with Crippen LogP contribution >= 0.6 is 23.1 Å². The van der Waals surface area contributed by atoms with Gasteiger partial charge in [-0.25, -0.2) is 8.42 Å². The number of thiophene rings is 1. The Morgan fingerprint density at radius 2 is 1.95 bits per heavy atom. The summed E-state index contributed by atoms with van der Waals surface area (Å²) >= 11 is 3.40. The van der Waals surface area contributed by atoms with E-state index in [1.165, 1.54) is 24.2 Å². The van der Waals surface area contributed by atoms with Crippen molar-refractivity contribution in [3.05, 3.63) is 16.3 Å². The van der Waals surface area contributed by atoms with Gasteiger partial charge in [-0.05, 0) is 18.9 Å². The van der Waals surface area contributed by atoms with Crippen molar-refractivity contribution < 1.29 is 8.42 Å². The van der Waals surface area contributed by atoms with Crippen molar-refractivity contribution in [3.8, 4) is 0 Å². The standard InChI is InChI=1S/C14H22N2O2S3/c1-10-7-16(8-11(2)20-10)21(17,18)14-5-13(19-9-14)6-15-12-3-4-12/h5,9-12,15H,3-4,6-8H2,1-2H3. The number of nitrogens with one attached hydrogen (secondary N) is 1. The van der Waals surface area contributed by atoms with Gasteiger partial charge < -0.3 is 5.32 Å². The first-order valence-electron chi connectivity index (χ1n) is 7.41. The van der Waals surface area contributed by atoms with E-state index in [1.807, 2.05) is 17.8 Å². The molecule has 0 bridgehead atoms. The number of thioether (sulfide) groups is 1. The summed E-state index contributed by atoms with van der Waals surface area (Å²) in [6.45, 7) is 6.21. The molecule has 2 unspecified atom stereocenters. The molecular formula is C14H22N2O2S3. The molecule has 2 aliphatic rings. The second-order valence-electron chi connectivity index (χ2n) is 5.98. The largest absolute Gasteiger partial charge is 0.309 e. The smallest absolute Gasteiger partial charge is 0.243 e. The van der Waals surface area contributed by atoms with Gasteiger partial charge in [0.05, 0.1) is 4.90 Å². The lowest BCUT2D eigenvalue weighted by molar-refractivity contribution is 0.405. The predicted octanol–water partition coefficient (Wildman–Crippen LogP) is 2.51. The summed E-state index contributed by atoms with van der Waals surface area (Å²) in [6, 6.07) is 2.49. The number of nitrogens with zero attached hydrogens (tertiary/aromatic N) is 1. The lowest BCUT2D eigenvalue weighted by Gasteiger charge is -2.33. The molecule has 0 radical (unpaired) electrons. The molecule has 1 saturated heterocycles. The summed E-state index contributed by atoms with van der Waals surface area (Å²) in [5.74, 6) is 0. The summed E-state index contributed by atoms with van der Waals surface area (Å²) in [5, 5.41) is 5.94. The minimum atomic E-state index is -3.33. The molecule has 1 aromatic heterocycles. The molecule has 1 aliphatic heterocycles. The Labute approximate surface area is 135 Å². The molecule has 1 N–H and O–H groups in total. The molecular weight excluding hydrogens is 324 g/mol. The minimum absolute atomic E-state index is 0.359. The van der Waals surface area contributed by atoms with Gasteiger partial charge in [0, 0.05) is 46.4 Å². The Hall–Kier alpha value is -0.0800. The van der Waals surface area contributed by atoms with Crippen LogP contribution in [-0.4, -0.2) is 42.4 Å². The van der Waals surface area contributed by atoms with E-state index in [0.717, 1.165) is 11.4 Å². The van der Waals surface area contributed by atoms with Crippen molar-refractivity contribution in [2.75, 3.05) is 13.1 Å². The third kappa shape index (κ3) is 3.82. The topological polar surface area (TPSA) is 49.4 Å². The summed E-state index contributed by atoms with van der Waals surface area (Å²) < 4.78 is 27.1. The van der Waals surface area contributed by atoms with Gasteiger partial charge in [0.2, 0.25) is 10.0 Å². The van der Waals surface area contributed by atoms with Crippen LogP contribution in [0.15, 0.2) is 16.3 Å². The van der Waals surface area contributed by atoms with Crippen LogP contribution in [0.2, 0.25) is 0 Å². The van der Waals surface area contributed by atoms with Crippen LogP contribution in [0.3, 0.4) is 0 Å². The van der Waals surface area contributed by atoms with E-state index in [9.17, 15) is 8.42 Å². The molecule has 7 heteroatoms. The third-order valence-corrected chi connectivity index (χ3v) is 7.92. The molecule has 1 saturated carbocycles. The van der Waals surface area contributed by atoms with Crippen molar-refractivity contribution in [1.29, 1.82) is 0 Å². The van der Waals surface area contributed by atoms with Crippen molar-refractivity contribution in [2.45, 2.75) is 54.7 Å². The zero-order valence-electron chi connectivity index (χ0n) is 12.4. The normalized spacial score (nSPS) is 27.9. The van der Waals surface area contributed by atoms with E-state index in [2.05, 4.69) is 19.2 Å². The zero-order chi connectivity index (χ0) is 15.0. The van der Waals surface area contributed by atoms with Gasteiger partial charge in [-0.2, -0.15) is 16.1 Å². The zero-order valence-corrected chi connectivity index (χ0v) is 14.9. The Bertz CT molecular complexity index is 585. The van der Waals surface area contributed by atoms with Crippen LogP contribution in [0.25, 0.3) is 0 Å². The predicted molar refractivity (Wildman–Crippen MR) is 89.5 cm³/mol. The second-order valence-corrected chi connectivity index (χ2v) is 10.8. The molecule has 3 rings (SSSR count).